The Bertz CT molecular complexity index is 696. The number of benzene rings is 2. The summed E-state index contributed by atoms with van der Waals surface area (Å²) in [5.41, 5.74) is 7.57. The predicted molar refractivity (Wildman–Crippen MR) is 110 cm³/mol. The Labute approximate surface area is 165 Å². The van der Waals surface area contributed by atoms with Crippen LogP contribution < -0.4 is 20.5 Å². The van der Waals surface area contributed by atoms with Crippen molar-refractivity contribution >= 4 is 35.8 Å². The average molecular weight is 397 g/mol. The molecule has 2 rings (SSSR count). The highest BCUT2D eigenvalue weighted by atomic mass is 35.5. The van der Waals surface area contributed by atoms with Crippen LogP contribution in [0.25, 0.3) is 0 Å². The molecule has 0 bridgehead atoms. The number of anilines is 1. The summed E-state index contributed by atoms with van der Waals surface area (Å²) >= 11 is 1.62. The van der Waals surface area contributed by atoms with Gasteiger partial charge in [-0.1, -0.05) is 12.1 Å². The van der Waals surface area contributed by atoms with Crippen LogP contribution in [0.3, 0.4) is 0 Å². The number of hydrogen-bond donors (Lipinski definition) is 2. The number of halogens is 1. The Kier molecular flexibility index (Phi) is 9.76. The number of nitrogens with one attached hydrogen (secondary N) is 1. The highest BCUT2D eigenvalue weighted by Gasteiger charge is 2.06. The molecule has 7 heteroatoms. The highest BCUT2D eigenvalue weighted by Crippen LogP contribution is 2.31. The maximum Gasteiger partial charge on any atom is 0.220 e. The van der Waals surface area contributed by atoms with E-state index in [4.69, 9.17) is 15.2 Å². The lowest BCUT2D eigenvalue weighted by molar-refractivity contribution is -0.120. The van der Waals surface area contributed by atoms with Gasteiger partial charge in [-0.2, -0.15) is 0 Å². The molecule has 1 amide bonds. The molecular weight excluding hydrogens is 372 g/mol. The minimum absolute atomic E-state index is 0. The van der Waals surface area contributed by atoms with Crippen molar-refractivity contribution < 1.29 is 14.3 Å². The van der Waals surface area contributed by atoms with Crippen molar-refractivity contribution in [2.24, 2.45) is 0 Å². The second kappa shape index (κ2) is 11.5. The highest BCUT2D eigenvalue weighted by molar-refractivity contribution is 7.99. The summed E-state index contributed by atoms with van der Waals surface area (Å²) in [6, 6.07) is 13.5. The van der Waals surface area contributed by atoms with E-state index in [1.165, 1.54) is 0 Å². The number of hydrogen-bond acceptors (Lipinski definition) is 5. The zero-order chi connectivity index (χ0) is 18.1. The summed E-state index contributed by atoms with van der Waals surface area (Å²) in [5, 5.41) is 2.94. The number of rotatable bonds is 9. The van der Waals surface area contributed by atoms with Gasteiger partial charge < -0.3 is 20.5 Å². The molecule has 26 heavy (non-hydrogen) atoms. The van der Waals surface area contributed by atoms with Crippen LogP contribution in [0.4, 0.5) is 5.69 Å². The van der Waals surface area contributed by atoms with Crippen molar-refractivity contribution in [3.8, 4) is 11.5 Å². The molecule has 0 heterocycles. The molecule has 0 atom stereocenters. The number of nitrogens with two attached hydrogens (primary N) is 1. The van der Waals surface area contributed by atoms with Gasteiger partial charge in [0.2, 0.25) is 5.91 Å². The van der Waals surface area contributed by atoms with E-state index in [0.717, 1.165) is 22.6 Å². The summed E-state index contributed by atoms with van der Waals surface area (Å²) in [5.74, 6) is 2.17. The van der Waals surface area contributed by atoms with Crippen LogP contribution in [0.15, 0.2) is 47.4 Å². The van der Waals surface area contributed by atoms with Crippen LogP contribution in [0.1, 0.15) is 12.0 Å². The van der Waals surface area contributed by atoms with Crippen molar-refractivity contribution in [3.05, 3.63) is 48.0 Å². The molecule has 0 saturated carbocycles. The molecule has 3 N–H and O–H groups in total. The summed E-state index contributed by atoms with van der Waals surface area (Å²) < 4.78 is 10.5. The van der Waals surface area contributed by atoms with Gasteiger partial charge in [-0.3, -0.25) is 4.79 Å². The predicted octanol–water partition coefficient (Wildman–Crippen LogP) is 3.55. The molecule has 2 aromatic carbocycles. The molecule has 0 radical (unpaired) electrons. The molecule has 0 aromatic heterocycles. The third-order valence-corrected chi connectivity index (χ3v) is 4.66. The van der Waals surface area contributed by atoms with Gasteiger partial charge in [0, 0.05) is 29.3 Å². The number of thioether (sulfide) groups is 1. The van der Waals surface area contributed by atoms with Gasteiger partial charge in [0.05, 0.1) is 14.2 Å². The van der Waals surface area contributed by atoms with Crippen LogP contribution in [0, 0.1) is 0 Å². The van der Waals surface area contributed by atoms with E-state index in [-0.39, 0.29) is 18.3 Å². The third-order valence-electron chi connectivity index (χ3n) is 3.67. The van der Waals surface area contributed by atoms with Gasteiger partial charge in [-0.25, -0.2) is 0 Å². The Morgan fingerprint density at radius 3 is 2.42 bits per heavy atom. The van der Waals surface area contributed by atoms with E-state index >= 15 is 0 Å². The molecule has 0 aliphatic carbocycles. The van der Waals surface area contributed by atoms with Crippen molar-refractivity contribution in [2.45, 2.75) is 17.7 Å². The van der Waals surface area contributed by atoms with Crippen LogP contribution in [0.2, 0.25) is 0 Å². The van der Waals surface area contributed by atoms with Crippen molar-refractivity contribution in [1.29, 1.82) is 0 Å². The standard InChI is InChI=1S/C19H24N2O3S.ClH/c1-23-17-8-7-16(13-18(17)24-2)25-12-10-19(22)21-11-9-14-3-5-15(20)6-4-14;/h3-8,13H,9-12,20H2,1-2H3,(H,21,22);1H. The van der Waals surface area contributed by atoms with E-state index in [1.54, 1.807) is 26.0 Å². The average Bonchev–Trinajstić information content (AvgIpc) is 2.63. The van der Waals surface area contributed by atoms with Gasteiger partial charge in [-0.15, -0.1) is 24.2 Å². The third kappa shape index (κ3) is 7.06. The largest absolute Gasteiger partial charge is 0.493 e. The fourth-order valence-corrected chi connectivity index (χ4v) is 3.16. The molecule has 0 aliphatic rings. The van der Waals surface area contributed by atoms with E-state index in [9.17, 15) is 4.79 Å². The van der Waals surface area contributed by atoms with E-state index < -0.39 is 0 Å². The Morgan fingerprint density at radius 1 is 1.08 bits per heavy atom. The fraction of sp³-hybridized carbons (Fsp3) is 0.316. The minimum Gasteiger partial charge on any atom is -0.493 e. The number of nitrogen functional groups attached to an aromatic ring is 1. The summed E-state index contributed by atoms with van der Waals surface area (Å²) in [7, 11) is 3.22. The van der Waals surface area contributed by atoms with Gasteiger partial charge in [0.1, 0.15) is 0 Å². The van der Waals surface area contributed by atoms with Crippen LogP contribution in [-0.4, -0.2) is 32.4 Å². The quantitative estimate of drug-likeness (QED) is 0.501. The molecule has 0 unspecified atom stereocenters. The zero-order valence-electron chi connectivity index (χ0n) is 15.0. The second-order valence-corrected chi connectivity index (χ2v) is 6.63. The SMILES string of the molecule is COc1ccc(SCCC(=O)NCCc2ccc(N)cc2)cc1OC.Cl. The van der Waals surface area contributed by atoms with Gasteiger partial charge in [0.15, 0.2) is 11.5 Å². The van der Waals surface area contributed by atoms with Gasteiger partial charge >= 0.3 is 0 Å². The van der Waals surface area contributed by atoms with Crippen LogP contribution in [-0.2, 0) is 11.2 Å². The lowest BCUT2D eigenvalue weighted by atomic mass is 10.1. The fourth-order valence-electron chi connectivity index (χ4n) is 2.29. The zero-order valence-corrected chi connectivity index (χ0v) is 16.6. The summed E-state index contributed by atoms with van der Waals surface area (Å²) in [6.45, 7) is 0.629. The topological polar surface area (TPSA) is 73.6 Å². The number of ether oxygens (including phenoxy) is 2. The molecule has 2 aromatic rings. The van der Waals surface area contributed by atoms with Crippen LogP contribution >= 0.6 is 24.2 Å². The molecule has 0 saturated heterocycles. The Balaban J connectivity index is 0.00000338. The Hall–Kier alpha value is -2.05. The maximum atomic E-state index is 11.9. The first kappa shape index (κ1) is 22.0. The smallest absolute Gasteiger partial charge is 0.220 e. The molecule has 0 fully saturated rings. The molecule has 142 valence electrons. The van der Waals surface area contributed by atoms with Crippen LogP contribution in [0.5, 0.6) is 11.5 Å². The van der Waals surface area contributed by atoms with E-state index in [0.29, 0.717) is 30.2 Å². The van der Waals surface area contributed by atoms with Crippen molar-refractivity contribution in [1.82, 2.24) is 5.32 Å². The second-order valence-electron chi connectivity index (χ2n) is 5.46. The number of carbonyl (C=O) groups is 1. The Morgan fingerprint density at radius 2 is 1.77 bits per heavy atom. The number of carbonyl (C=O) groups excluding carboxylic acids is 1. The molecule has 5 nitrogen and oxygen atoms in total. The molecular formula is C19H25ClN2O3S. The summed E-state index contributed by atoms with van der Waals surface area (Å²) in [6.07, 6.45) is 1.27. The normalized spacial score (nSPS) is 9.92. The van der Waals surface area contributed by atoms with Gasteiger partial charge in [0.25, 0.3) is 0 Å². The van der Waals surface area contributed by atoms with E-state index in [1.807, 2.05) is 42.5 Å². The van der Waals surface area contributed by atoms with Gasteiger partial charge in [-0.05, 0) is 42.3 Å². The number of amides is 1. The first-order valence-corrected chi connectivity index (χ1v) is 9.07. The first-order valence-electron chi connectivity index (χ1n) is 8.08. The van der Waals surface area contributed by atoms with E-state index in [2.05, 4.69) is 5.32 Å². The molecule has 0 aliphatic heterocycles. The maximum absolute atomic E-state index is 11.9. The molecule has 0 spiro atoms. The number of methoxy groups -OCH3 is 2. The minimum atomic E-state index is 0. The first-order chi connectivity index (χ1) is 12.1. The van der Waals surface area contributed by atoms with Crippen molar-refractivity contribution in [3.63, 3.8) is 0 Å². The summed E-state index contributed by atoms with van der Waals surface area (Å²) in [4.78, 5) is 13.0. The lowest BCUT2D eigenvalue weighted by Crippen LogP contribution is -2.25. The monoisotopic (exact) mass is 396 g/mol. The lowest BCUT2D eigenvalue weighted by Gasteiger charge is -2.09. The van der Waals surface area contributed by atoms with Crippen molar-refractivity contribution in [2.75, 3.05) is 32.3 Å².